The molecule has 0 spiro atoms. The topological polar surface area (TPSA) is 47.0 Å². The van der Waals surface area contributed by atoms with Gasteiger partial charge in [0.2, 0.25) is 11.8 Å². The Balaban J connectivity index is 2.03. The Morgan fingerprint density at radius 1 is 1.47 bits per heavy atom. The summed E-state index contributed by atoms with van der Waals surface area (Å²) in [6, 6.07) is 2.31. The van der Waals surface area contributed by atoms with Gasteiger partial charge in [0.1, 0.15) is 0 Å². The van der Waals surface area contributed by atoms with Crippen molar-refractivity contribution >= 4 is 5.95 Å². The molecule has 0 saturated heterocycles. The lowest BCUT2D eigenvalue weighted by Gasteiger charge is -2.31. The molecular weight excluding hydrogens is 214 g/mol. The Morgan fingerprint density at radius 2 is 2.24 bits per heavy atom. The third-order valence-electron chi connectivity index (χ3n) is 3.34. The van der Waals surface area contributed by atoms with Crippen LogP contribution in [0.15, 0.2) is 6.07 Å². The van der Waals surface area contributed by atoms with Gasteiger partial charge in [-0.05, 0) is 39.5 Å². The van der Waals surface area contributed by atoms with Crippen LogP contribution >= 0.6 is 0 Å². The van der Waals surface area contributed by atoms with E-state index < -0.39 is 0 Å². The molecule has 17 heavy (non-hydrogen) atoms. The van der Waals surface area contributed by atoms with Crippen molar-refractivity contribution in [3.8, 4) is 5.88 Å². The zero-order valence-electron chi connectivity index (χ0n) is 10.9. The summed E-state index contributed by atoms with van der Waals surface area (Å²) in [6.07, 6.45) is 3.99. The van der Waals surface area contributed by atoms with Crippen molar-refractivity contribution < 1.29 is 4.74 Å². The molecule has 1 atom stereocenters. The van der Waals surface area contributed by atoms with E-state index in [-0.39, 0.29) is 0 Å². The SMILES string of the molecule is CCOc1cc(C)nc(NC(C)C2CCC2)n1. The van der Waals surface area contributed by atoms with Crippen LogP contribution in [0, 0.1) is 12.8 Å². The summed E-state index contributed by atoms with van der Waals surface area (Å²) in [7, 11) is 0. The van der Waals surface area contributed by atoms with Crippen LogP contribution in [0.25, 0.3) is 0 Å². The molecule has 1 heterocycles. The van der Waals surface area contributed by atoms with Crippen molar-refractivity contribution in [2.75, 3.05) is 11.9 Å². The molecular formula is C13H21N3O. The number of ether oxygens (including phenoxy) is 1. The zero-order valence-corrected chi connectivity index (χ0v) is 10.9. The van der Waals surface area contributed by atoms with Gasteiger partial charge in [0.15, 0.2) is 0 Å². The van der Waals surface area contributed by atoms with Crippen LogP contribution in [0.3, 0.4) is 0 Å². The average molecular weight is 235 g/mol. The minimum absolute atomic E-state index is 0.444. The fourth-order valence-electron chi connectivity index (χ4n) is 2.09. The van der Waals surface area contributed by atoms with Gasteiger partial charge in [-0.1, -0.05) is 6.42 Å². The predicted molar refractivity (Wildman–Crippen MR) is 68.4 cm³/mol. The molecule has 1 aliphatic carbocycles. The number of aromatic nitrogens is 2. The van der Waals surface area contributed by atoms with E-state index in [9.17, 15) is 0 Å². The van der Waals surface area contributed by atoms with E-state index in [1.54, 1.807) is 0 Å². The first kappa shape index (κ1) is 12.1. The number of rotatable bonds is 5. The van der Waals surface area contributed by atoms with Crippen LogP contribution in [-0.2, 0) is 0 Å². The smallest absolute Gasteiger partial charge is 0.226 e. The lowest BCUT2D eigenvalue weighted by molar-refractivity contribution is 0.284. The summed E-state index contributed by atoms with van der Waals surface area (Å²) in [5.41, 5.74) is 0.937. The van der Waals surface area contributed by atoms with E-state index >= 15 is 0 Å². The van der Waals surface area contributed by atoms with E-state index in [1.165, 1.54) is 19.3 Å². The molecule has 0 amide bonds. The van der Waals surface area contributed by atoms with Gasteiger partial charge in [0.05, 0.1) is 6.61 Å². The van der Waals surface area contributed by atoms with Crippen LogP contribution in [0.2, 0.25) is 0 Å². The largest absolute Gasteiger partial charge is 0.478 e. The molecule has 4 nitrogen and oxygen atoms in total. The van der Waals surface area contributed by atoms with Gasteiger partial charge < -0.3 is 10.1 Å². The van der Waals surface area contributed by atoms with E-state index in [2.05, 4.69) is 22.2 Å². The third-order valence-corrected chi connectivity index (χ3v) is 3.34. The minimum atomic E-state index is 0.444. The second kappa shape index (κ2) is 5.34. The molecule has 1 fully saturated rings. The second-order valence-electron chi connectivity index (χ2n) is 4.73. The highest BCUT2D eigenvalue weighted by Crippen LogP contribution is 2.30. The average Bonchev–Trinajstić information content (AvgIpc) is 2.13. The van der Waals surface area contributed by atoms with Crippen molar-refractivity contribution in [3.05, 3.63) is 11.8 Å². The number of hydrogen-bond acceptors (Lipinski definition) is 4. The highest BCUT2D eigenvalue weighted by Gasteiger charge is 2.24. The van der Waals surface area contributed by atoms with Crippen LogP contribution in [0.1, 0.15) is 38.8 Å². The molecule has 2 rings (SSSR count). The van der Waals surface area contributed by atoms with Crippen molar-refractivity contribution in [3.63, 3.8) is 0 Å². The first-order valence-electron chi connectivity index (χ1n) is 6.44. The summed E-state index contributed by atoms with van der Waals surface area (Å²) in [5.74, 6) is 2.12. The van der Waals surface area contributed by atoms with Gasteiger partial charge in [0, 0.05) is 17.8 Å². The monoisotopic (exact) mass is 235 g/mol. The van der Waals surface area contributed by atoms with Crippen LogP contribution in [0.5, 0.6) is 5.88 Å². The third kappa shape index (κ3) is 3.08. The molecule has 1 N–H and O–H groups in total. The second-order valence-corrected chi connectivity index (χ2v) is 4.73. The van der Waals surface area contributed by atoms with Crippen LogP contribution in [-0.4, -0.2) is 22.6 Å². The molecule has 1 aromatic heterocycles. The standard InChI is InChI=1S/C13H21N3O/c1-4-17-12-8-9(2)14-13(16-12)15-10(3)11-6-5-7-11/h8,10-11H,4-7H2,1-3H3,(H,14,15,16). The Kier molecular flexibility index (Phi) is 3.82. The maximum absolute atomic E-state index is 5.42. The van der Waals surface area contributed by atoms with E-state index in [0.29, 0.717) is 24.5 Å². The van der Waals surface area contributed by atoms with Crippen LogP contribution in [0.4, 0.5) is 5.95 Å². The van der Waals surface area contributed by atoms with Gasteiger partial charge in [-0.15, -0.1) is 0 Å². The minimum Gasteiger partial charge on any atom is -0.478 e. The fraction of sp³-hybridized carbons (Fsp3) is 0.692. The zero-order chi connectivity index (χ0) is 12.3. The first-order chi connectivity index (χ1) is 8.19. The summed E-state index contributed by atoms with van der Waals surface area (Å²) in [5, 5.41) is 3.38. The lowest BCUT2D eigenvalue weighted by Crippen LogP contribution is -2.31. The number of nitrogens with zero attached hydrogens (tertiary/aromatic N) is 2. The molecule has 0 aromatic carbocycles. The summed E-state index contributed by atoms with van der Waals surface area (Å²) in [4.78, 5) is 8.75. The molecule has 94 valence electrons. The highest BCUT2D eigenvalue weighted by atomic mass is 16.5. The molecule has 1 aliphatic rings. The maximum Gasteiger partial charge on any atom is 0.226 e. The Labute approximate surface area is 103 Å². The van der Waals surface area contributed by atoms with E-state index in [4.69, 9.17) is 4.74 Å². The lowest BCUT2D eigenvalue weighted by atomic mass is 9.80. The van der Waals surface area contributed by atoms with Crippen molar-refractivity contribution in [2.45, 2.75) is 46.1 Å². The number of nitrogens with one attached hydrogen (secondary N) is 1. The molecule has 4 heteroatoms. The van der Waals surface area contributed by atoms with Gasteiger partial charge >= 0.3 is 0 Å². The predicted octanol–water partition coefficient (Wildman–Crippen LogP) is 2.78. The molecule has 0 radical (unpaired) electrons. The first-order valence-corrected chi connectivity index (χ1v) is 6.44. The number of hydrogen-bond donors (Lipinski definition) is 1. The number of aryl methyl sites for hydroxylation is 1. The molecule has 0 aliphatic heterocycles. The van der Waals surface area contributed by atoms with Crippen molar-refractivity contribution in [1.82, 2.24) is 9.97 Å². The summed E-state index contributed by atoms with van der Waals surface area (Å²) < 4.78 is 5.42. The Hall–Kier alpha value is -1.32. The fourth-order valence-corrected chi connectivity index (χ4v) is 2.09. The molecule has 1 saturated carbocycles. The van der Waals surface area contributed by atoms with Crippen LogP contribution < -0.4 is 10.1 Å². The number of anilines is 1. The van der Waals surface area contributed by atoms with E-state index in [1.807, 2.05) is 19.9 Å². The van der Waals surface area contributed by atoms with Crippen molar-refractivity contribution in [2.24, 2.45) is 5.92 Å². The molecule has 1 aromatic rings. The highest BCUT2D eigenvalue weighted by molar-refractivity contribution is 5.31. The molecule has 0 bridgehead atoms. The Bertz CT molecular complexity index is 377. The van der Waals surface area contributed by atoms with Crippen molar-refractivity contribution in [1.29, 1.82) is 0 Å². The summed E-state index contributed by atoms with van der Waals surface area (Å²) >= 11 is 0. The summed E-state index contributed by atoms with van der Waals surface area (Å²) in [6.45, 7) is 6.76. The molecule has 1 unspecified atom stereocenters. The Morgan fingerprint density at radius 3 is 2.82 bits per heavy atom. The quantitative estimate of drug-likeness (QED) is 0.852. The van der Waals surface area contributed by atoms with E-state index in [0.717, 1.165) is 11.6 Å². The maximum atomic E-state index is 5.42. The van der Waals surface area contributed by atoms with Gasteiger partial charge in [-0.25, -0.2) is 4.98 Å². The van der Waals surface area contributed by atoms with Gasteiger partial charge in [0.25, 0.3) is 0 Å². The normalized spacial score (nSPS) is 17.4. The van der Waals surface area contributed by atoms with Gasteiger partial charge in [-0.2, -0.15) is 4.98 Å². The van der Waals surface area contributed by atoms with Gasteiger partial charge in [-0.3, -0.25) is 0 Å².